The van der Waals surface area contributed by atoms with Gasteiger partial charge in [0.25, 0.3) is 0 Å². The Kier molecular flexibility index (Phi) is 1.67. The number of nitrogens with two attached hydrogens (primary N) is 1. The number of carbonyl (C=O) groups excluding carboxylic acids is 1. The average molecular weight is 182 g/mol. The van der Waals surface area contributed by atoms with Gasteiger partial charge in [-0.25, -0.2) is 0 Å². The van der Waals surface area contributed by atoms with Crippen LogP contribution in [0.1, 0.15) is 28.4 Å². The lowest BCUT2D eigenvalue weighted by Gasteiger charge is -2.02. The number of halogens is 1. The SMILES string of the molecule is NC1CC(=O)c2ccc(Cl)cc21. The smallest absolute Gasteiger partial charge is 0.165 e. The van der Waals surface area contributed by atoms with Crippen molar-refractivity contribution in [1.29, 1.82) is 0 Å². The molecule has 1 aromatic carbocycles. The Morgan fingerprint density at radius 3 is 3.00 bits per heavy atom. The first-order valence-corrected chi connectivity index (χ1v) is 4.14. The highest BCUT2D eigenvalue weighted by Crippen LogP contribution is 2.30. The van der Waals surface area contributed by atoms with E-state index >= 15 is 0 Å². The van der Waals surface area contributed by atoms with Gasteiger partial charge in [-0.15, -0.1) is 0 Å². The first-order valence-electron chi connectivity index (χ1n) is 3.76. The minimum Gasteiger partial charge on any atom is -0.324 e. The van der Waals surface area contributed by atoms with Gasteiger partial charge in [0, 0.05) is 23.0 Å². The van der Waals surface area contributed by atoms with Gasteiger partial charge in [0.1, 0.15) is 0 Å². The molecule has 0 aromatic heterocycles. The fraction of sp³-hybridized carbons (Fsp3) is 0.222. The third-order valence-corrected chi connectivity index (χ3v) is 2.35. The first-order chi connectivity index (χ1) is 5.68. The van der Waals surface area contributed by atoms with Gasteiger partial charge in [-0.1, -0.05) is 11.6 Å². The minimum atomic E-state index is -0.161. The molecule has 2 nitrogen and oxygen atoms in total. The summed E-state index contributed by atoms with van der Waals surface area (Å²) < 4.78 is 0. The van der Waals surface area contributed by atoms with Gasteiger partial charge in [0.15, 0.2) is 5.78 Å². The molecular formula is C9H8ClNO. The van der Waals surface area contributed by atoms with Crippen molar-refractivity contribution in [3.63, 3.8) is 0 Å². The van der Waals surface area contributed by atoms with Gasteiger partial charge in [0.05, 0.1) is 0 Å². The van der Waals surface area contributed by atoms with Crippen LogP contribution in [-0.4, -0.2) is 5.78 Å². The van der Waals surface area contributed by atoms with E-state index in [0.717, 1.165) is 11.1 Å². The molecule has 0 saturated heterocycles. The molecule has 1 aliphatic carbocycles. The normalized spacial score (nSPS) is 21.2. The first kappa shape index (κ1) is 7.77. The maximum Gasteiger partial charge on any atom is 0.165 e. The molecule has 0 radical (unpaired) electrons. The summed E-state index contributed by atoms with van der Waals surface area (Å²) in [4.78, 5) is 11.3. The maximum absolute atomic E-state index is 11.3. The third-order valence-electron chi connectivity index (χ3n) is 2.12. The molecule has 2 rings (SSSR count). The molecule has 1 atom stereocenters. The molecule has 0 heterocycles. The van der Waals surface area contributed by atoms with Crippen LogP contribution < -0.4 is 5.73 Å². The second-order valence-corrected chi connectivity index (χ2v) is 3.40. The standard InChI is InChI=1S/C9H8ClNO/c10-5-1-2-6-7(3-5)8(11)4-9(6)12/h1-3,8H,4,11H2. The van der Waals surface area contributed by atoms with E-state index in [9.17, 15) is 4.79 Å². The molecule has 3 heteroatoms. The van der Waals surface area contributed by atoms with E-state index in [1.165, 1.54) is 0 Å². The topological polar surface area (TPSA) is 43.1 Å². The van der Waals surface area contributed by atoms with Gasteiger partial charge in [-0.05, 0) is 23.8 Å². The summed E-state index contributed by atoms with van der Waals surface area (Å²) in [5.74, 6) is 0.120. The Morgan fingerprint density at radius 1 is 1.50 bits per heavy atom. The molecule has 1 unspecified atom stereocenters. The Morgan fingerprint density at radius 2 is 2.25 bits per heavy atom. The van der Waals surface area contributed by atoms with Crippen LogP contribution in [0.4, 0.5) is 0 Å². The highest BCUT2D eigenvalue weighted by molar-refractivity contribution is 6.30. The van der Waals surface area contributed by atoms with Crippen molar-refractivity contribution in [2.45, 2.75) is 12.5 Å². The zero-order chi connectivity index (χ0) is 8.72. The molecule has 12 heavy (non-hydrogen) atoms. The number of hydrogen-bond acceptors (Lipinski definition) is 2. The molecule has 0 spiro atoms. The third kappa shape index (κ3) is 1.04. The summed E-state index contributed by atoms with van der Waals surface area (Å²) in [6, 6.07) is 5.07. The van der Waals surface area contributed by atoms with Crippen molar-refractivity contribution in [3.05, 3.63) is 34.3 Å². The molecule has 1 aromatic rings. The Bertz CT molecular complexity index is 348. The van der Waals surface area contributed by atoms with Crippen LogP contribution in [0.25, 0.3) is 0 Å². The molecule has 62 valence electrons. The van der Waals surface area contributed by atoms with Crippen LogP contribution in [-0.2, 0) is 0 Å². The average Bonchev–Trinajstić information content (AvgIpc) is 2.28. The van der Waals surface area contributed by atoms with Crippen molar-refractivity contribution in [1.82, 2.24) is 0 Å². The summed E-state index contributed by atoms with van der Waals surface area (Å²) in [5.41, 5.74) is 7.34. The van der Waals surface area contributed by atoms with Crippen LogP contribution in [0.2, 0.25) is 5.02 Å². The summed E-state index contributed by atoms with van der Waals surface area (Å²) >= 11 is 5.77. The molecule has 0 aliphatic heterocycles. The molecule has 0 bridgehead atoms. The molecule has 0 fully saturated rings. The van der Waals surface area contributed by atoms with Gasteiger partial charge in [-0.2, -0.15) is 0 Å². The van der Waals surface area contributed by atoms with Crippen molar-refractivity contribution >= 4 is 17.4 Å². The number of hydrogen-bond donors (Lipinski definition) is 1. The number of rotatable bonds is 0. The number of ketones is 1. The molecule has 2 N–H and O–H groups in total. The van der Waals surface area contributed by atoms with E-state index in [1.54, 1.807) is 18.2 Å². The van der Waals surface area contributed by atoms with Crippen LogP contribution in [0, 0.1) is 0 Å². The van der Waals surface area contributed by atoms with Crippen LogP contribution in [0.5, 0.6) is 0 Å². The summed E-state index contributed by atoms with van der Waals surface area (Å²) in [7, 11) is 0. The summed E-state index contributed by atoms with van der Waals surface area (Å²) in [6.45, 7) is 0. The fourth-order valence-corrected chi connectivity index (χ4v) is 1.69. The van der Waals surface area contributed by atoms with Crippen molar-refractivity contribution in [2.75, 3.05) is 0 Å². The molecule has 0 saturated carbocycles. The molecular weight excluding hydrogens is 174 g/mol. The van der Waals surface area contributed by atoms with Gasteiger partial charge in [-0.3, -0.25) is 4.79 Å². The van der Waals surface area contributed by atoms with E-state index in [-0.39, 0.29) is 11.8 Å². The Balaban J connectivity index is 2.60. The molecule has 0 amide bonds. The predicted molar refractivity (Wildman–Crippen MR) is 47.3 cm³/mol. The van der Waals surface area contributed by atoms with Crippen molar-refractivity contribution < 1.29 is 4.79 Å². The van der Waals surface area contributed by atoms with E-state index in [4.69, 9.17) is 17.3 Å². The lowest BCUT2D eigenvalue weighted by molar-refractivity contribution is 0.0989. The quantitative estimate of drug-likeness (QED) is 0.665. The van der Waals surface area contributed by atoms with Crippen LogP contribution in [0.3, 0.4) is 0 Å². The molecule has 1 aliphatic rings. The zero-order valence-corrected chi connectivity index (χ0v) is 7.14. The number of Topliss-reactive ketones (excluding diaryl/α,β-unsaturated/α-hetero) is 1. The Hall–Kier alpha value is -0.860. The van der Waals surface area contributed by atoms with E-state index < -0.39 is 0 Å². The second kappa shape index (κ2) is 2.57. The number of benzene rings is 1. The minimum absolute atomic E-state index is 0.120. The van der Waals surface area contributed by atoms with Crippen molar-refractivity contribution in [2.24, 2.45) is 5.73 Å². The lowest BCUT2D eigenvalue weighted by Crippen LogP contribution is -2.05. The van der Waals surface area contributed by atoms with E-state index in [1.807, 2.05) is 0 Å². The summed E-state index contributed by atoms with van der Waals surface area (Å²) in [6.07, 6.45) is 0.412. The van der Waals surface area contributed by atoms with Crippen molar-refractivity contribution in [3.8, 4) is 0 Å². The van der Waals surface area contributed by atoms with Crippen LogP contribution >= 0.6 is 11.6 Å². The second-order valence-electron chi connectivity index (χ2n) is 2.97. The monoisotopic (exact) mass is 181 g/mol. The zero-order valence-electron chi connectivity index (χ0n) is 6.38. The number of fused-ring (bicyclic) bond motifs is 1. The fourth-order valence-electron chi connectivity index (χ4n) is 1.51. The van der Waals surface area contributed by atoms with Gasteiger partial charge < -0.3 is 5.73 Å². The van der Waals surface area contributed by atoms with E-state index in [0.29, 0.717) is 11.4 Å². The summed E-state index contributed by atoms with van der Waals surface area (Å²) in [5, 5.41) is 0.638. The van der Waals surface area contributed by atoms with Gasteiger partial charge in [0.2, 0.25) is 0 Å². The largest absolute Gasteiger partial charge is 0.324 e. The van der Waals surface area contributed by atoms with Crippen LogP contribution in [0.15, 0.2) is 18.2 Å². The highest BCUT2D eigenvalue weighted by Gasteiger charge is 2.26. The highest BCUT2D eigenvalue weighted by atomic mass is 35.5. The lowest BCUT2D eigenvalue weighted by atomic mass is 10.1. The maximum atomic E-state index is 11.3. The Labute approximate surface area is 75.3 Å². The predicted octanol–water partition coefficient (Wildman–Crippen LogP) is 1.93. The van der Waals surface area contributed by atoms with E-state index in [2.05, 4.69) is 0 Å². The van der Waals surface area contributed by atoms with Gasteiger partial charge >= 0.3 is 0 Å². The number of carbonyl (C=O) groups is 1.